The van der Waals surface area contributed by atoms with Crippen molar-refractivity contribution in [1.29, 1.82) is 10.5 Å². The standard InChI is InChI=1S/C20H19ClN4O3/c21-13-5-4-6-14(9-13)24-17(26)12-25-18(27)15(10-22)20(7-2-1-3-8-20)16(11-23)19(25)28/h4-6,9,15-16H,1-3,7-8,12H2,(H,24,26). The van der Waals surface area contributed by atoms with Crippen LogP contribution >= 0.6 is 11.6 Å². The number of carbonyl (C=O) groups excluding carboxylic acids is 3. The van der Waals surface area contributed by atoms with Gasteiger partial charge in [-0.3, -0.25) is 19.3 Å². The van der Waals surface area contributed by atoms with Crippen LogP contribution in [0.1, 0.15) is 32.1 Å². The molecule has 1 aliphatic carbocycles. The van der Waals surface area contributed by atoms with Gasteiger partial charge in [0, 0.05) is 16.1 Å². The maximum Gasteiger partial charge on any atom is 0.247 e. The normalized spacial score (nSPS) is 23.8. The highest BCUT2D eigenvalue weighted by Crippen LogP contribution is 2.51. The fourth-order valence-electron chi connectivity index (χ4n) is 4.30. The van der Waals surface area contributed by atoms with E-state index < -0.39 is 41.5 Å². The Hall–Kier alpha value is -2.90. The van der Waals surface area contributed by atoms with Crippen LogP contribution in [0.3, 0.4) is 0 Å². The highest BCUT2D eigenvalue weighted by atomic mass is 35.5. The number of nitrogens with one attached hydrogen (secondary N) is 1. The largest absolute Gasteiger partial charge is 0.324 e. The predicted octanol–water partition coefficient (Wildman–Crippen LogP) is 2.88. The lowest BCUT2D eigenvalue weighted by Crippen LogP contribution is -2.61. The van der Waals surface area contributed by atoms with Crippen LogP contribution in [-0.2, 0) is 14.4 Å². The van der Waals surface area contributed by atoms with E-state index in [0.717, 1.165) is 24.2 Å². The Balaban J connectivity index is 1.83. The average molecular weight is 399 g/mol. The molecule has 8 heteroatoms. The highest BCUT2D eigenvalue weighted by molar-refractivity contribution is 6.30. The Morgan fingerprint density at radius 1 is 1.14 bits per heavy atom. The molecule has 144 valence electrons. The lowest BCUT2D eigenvalue weighted by Gasteiger charge is -2.47. The third-order valence-corrected chi connectivity index (χ3v) is 5.86. The van der Waals surface area contributed by atoms with E-state index in [1.165, 1.54) is 6.07 Å². The summed E-state index contributed by atoms with van der Waals surface area (Å²) in [5.74, 6) is -4.19. The van der Waals surface area contributed by atoms with E-state index >= 15 is 0 Å². The fourth-order valence-corrected chi connectivity index (χ4v) is 4.49. The number of rotatable bonds is 3. The first-order valence-electron chi connectivity index (χ1n) is 9.13. The molecule has 1 spiro atoms. The van der Waals surface area contributed by atoms with E-state index in [4.69, 9.17) is 11.6 Å². The van der Waals surface area contributed by atoms with Crippen LogP contribution in [-0.4, -0.2) is 29.2 Å². The molecule has 1 aromatic rings. The van der Waals surface area contributed by atoms with Crippen molar-refractivity contribution >= 4 is 35.0 Å². The Kier molecular flexibility index (Phi) is 5.67. The number of amides is 3. The molecule has 1 saturated carbocycles. The zero-order valence-corrected chi connectivity index (χ0v) is 15.9. The van der Waals surface area contributed by atoms with E-state index in [-0.39, 0.29) is 0 Å². The zero-order chi connectivity index (χ0) is 20.3. The summed E-state index contributed by atoms with van der Waals surface area (Å²) in [5.41, 5.74) is -0.526. The first-order chi connectivity index (χ1) is 13.4. The number of anilines is 1. The van der Waals surface area contributed by atoms with Gasteiger partial charge in [0.25, 0.3) is 0 Å². The van der Waals surface area contributed by atoms with Gasteiger partial charge in [-0.1, -0.05) is 36.9 Å². The second-order valence-electron chi connectivity index (χ2n) is 7.24. The first-order valence-corrected chi connectivity index (χ1v) is 9.50. The molecule has 2 atom stereocenters. The van der Waals surface area contributed by atoms with Crippen molar-refractivity contribution in [3.8, 4) is 12.1 Å². The molecular formula is C20H19ClN4O3. The van der Waals surface area contributed by atoms with Crippen molar-refractivity contribution in [1.82, 2.24) is 4.90 Å². The molecule has 1 saturated heterocycles. The SMILES string of the molecule is N#CC1C(=O)N(CC(=O)Nc2cccc(Cl)c2)C(=O)C(C#N)C12CCCCC2. The van der Waals surface area contributed by atoms with Gasteiger partial charge in [0.15, 0.2) is 0 Å². The Bertz CT molecular complexity index is 859. The minimum Gasteiger partial charge on any atom is -0.324 e. The zero-order valence-electron chi connectivity index (χ0n) is 15.2. The summed E-state index contributed by atoms with van der Waals surface area (Å²) in [6.07, 6.45) is 3.47. The third-order valence-electron chi connectivity index (χ3n) is 5.63. The molecule has 1 heterocycles. The molecule has 3 rings (SSSR count). The molecule has 28 heavy (non-hydrogen) atoms. The summed E-state index contributed by atoms with van der Waals surface area (Å²) in [4.78, 5) is 39.0. The number of likely N-dealkylation sites (tertiary alicyclic amines) is 1. The number of benzene rings is 1. The number of imide groups is 1. The molecule has 7 nitrogen and oxygen atoms in total. The van der Waals surface area contributed by atoms with Crippen LogP contribution in [0.2, 0.25) is 5.02 Å². The van der Waals surface area contributed by atoms with Gasteiger partial charge in [-0.05, 0) is 31.0 Å². The molecule has 0 aromatic heterocycles. The molecule has 1 aliphatic heterocycles. The van der Waals surface area contributed by atoms with Crippen LogP contribution in [0.4, 0.5) is 5.69 Å². The molecule has 1 aromatic carbocycles. The van der Waals surface area contributed by atoms with E-state index in [1.807, 2.05) is 12.1 Å². The number of halogens is 1. The summed E-state index contributed by atoms with van der Waals surface area (Å²) in [6.45, 7) is -0.545. The van der Waals surface area contributed by atoms with Gasteiger partial charge in [0.05, 0.1) is 12.1 Å². The van der Waals surface area contributed by atoms with Crippen LogP contribution in [0.15, 0.2) is 24.3 Å². The van der Waals surface area contributed by atoms with Crippen molar-refractivity contribution in [2.75, 3.05) is 11.9 Å². The number of hydrogen-bond donors (Lipinski definition) is 1. The predicted molar refractivity (Wildman–Crippen MR) is 101 cm³/mol. The van der Waals surface area contributed by atoms with Crippen LogP contribution in [0, 0.1) is 39.9 Å². The van der Waals surface area contributed by atoms with Gasteiger partial charge in [-0.2, -0.15) is 10.5 Å². The lowest BCUT2D eigenvalue weighted by molar-refractivity contribution is -0.164. The highest BCUT2D eigenvalue weighted by Gasteiger charge is 2.59. The van der Waals surface area contributed by atoms with Gasteiger partial charge < -0.3 is 5.32 Å². The molecule has 2 aliphatic rings. The van der Waals surface area contributed by atoms with Crippen LogP contribution < -0.4 is 5.32 Å². The topological polar surface area (TPSA) is 114 Å². The Morgan fingerprint density at radius 3 is 2.29 bits per heavy atom. The van der Waals surface area contributed by atoms with Crippen molar-refractivity contribution in [2.45, 2.75) is 32.1 Å². The summed E-state index contributed by atoms with van der Waals surface area (Å²) in [7, 11) is 0. The Morgan fingerprint density at radius 2 is 1.75 bits per heavy atom. The van der Waals surface area contributed by atoms with Crippen molar-refractivity contribution in [2.24, 2.45) is 17.3 Å². The maximum absolute atomic E-state index is 12.9. The van der Waals surface area contributed by atoms with Gasteiger partial charge in [-0.25, -0.2) is 0 Å². The number of carbonyl (C=O) groups is 3. The molecule has 0 bridgehead atoms. The summed E-state index contributed by atoms with van der Waals surface area (Å²) >= 11 is 5.88. The smallest absolute Gasteiger partial charge is 0.247 e. The maximum atomic E-state index is 12.9. The number of hydrogen-bond acceptors (Lipinski definition) is 5. The van der Waals surface area contributed by atoms with Gasteiger partial charge in [0.2, 0.25) is 17.7 Å². The van der Waals surface area contributed by atoms with E-state index in [9.17, 15) is 24.9 Å². The summed E-state index contributed by atoms with van der Waals surface area (Å²) in [5, 5.41) is 22.3. The molecule has 2 fully saturated rings. The van der Waals surface area contributed by atoms with Crippen molar-refractivity contribution in [3.05, 3.63) is 29.3 Å². The van der Waals surface area contributed by atoms with Crippen molar-refractivity contribution < 1.29 is 14.4 Å². The average Bonchev–Trinajstić information content (AvgIpc) is 2.67. The summed E-state index contributed by atoms with van der Waals surface area (Å²) < 4.78 is 0. The van der Waals surface area contributed by atoms with E-state index in [1.54, 1.807) is 18.2 Å². The third kappa shape index (κ3) is 3.46. The van der Waals surface area contributed by atoms with Gasteiger partial charge >= 0.3 is 0 Å². The molecule has 3 amide bonds. The van der Waals surface area contributed by atoms with E-state index in [0.29, 0.717) is 23.6 Å². The first kappa shape index (κ1) is 19.9. The quantitative estimate of drug-likeness (QED) is 0.786. The number of nitriles is 2. The van der Waals surface area contributed by atoms with Gasteiger partial charge in [0.1, 0.15) is 18.4 Å². The van der Waals surface area contributed by atoms with Crippen LogP contribution in [0.25, 0.3) is 0 Å². The van der Waals surface area contributed by atoms with Crippen LogP contribution in [0.5, 0.6) is 0 Å². The number of piperidine rings is 1. The molecule has 0 radical (unpaired) electrons. The minimum absolute atomic E-state index is 0.423. The Labute approximate surface area is 167 Å². The monoisotopic (exact) mass is 398 g/mol. The molecule has 2 unspecified atom stereocenters. The minimum atomic E-state index is -1.10. The second-order valence-corrected chi connectivity index (χ2v) is 7.68. The van der Waals surface area contributed by atoms with E-state index in [2.05, 4.69) is 5.32 Å². The second kappa shape index (κ2) is 8.00. The van der Waals surface area contributed by atoms with Gasteiger partial charge in [-0.15, -0.1) is 0 Å². The molecule has 1 N–H and O–H groups in total. The fraction of sp³-hybridized carbons (Fsp3) is 0.450. The molecular weight excluding hydrogens is 380 g/mol. The number of nitrogens with zero attached hydrogens (tertiary/aromatic N) is 3. The lowest BCUT2D eigenvalue weighted by atomic mass is 9.57. The van der Waals surface area contributed by atoms with Crippen molar-refractivity contribution in [3.63, 3.8) is 0 Å². The summed E-state index contributed by atoms with van der Waals surface area (Å²) in [6, 6.07) is 10.5.